The first-order valence-electron chi connectivity index (χ1n) is 9.70. The van der Waals surface area contributed by atoms with E-state index in [0.29, 0.717) is 30.2 Å². The summed E-state index contributed by atoms with van der Waals surface area (Å²) in [5, 5.41) is 11.5. The van der Waals surface area contributed by atoms with E-state index in [0.717, 1.165) is 30.3 Å². The first-order chi connectivity index (χ1) is 13.6. The van der Waals surface area contributed by atoms with E-state index in [2.05, 4.69) is 15.5 Å². The summed E-state index contributed by atoms with van der Waals surface area (Å²) in [6.07, 6.45) is -2.09. The van der Waals surface area contributed by atoms with Crippen LogP contribution in [-0.4, -0.2) is 32.0 Å². The summed E-state index contributed by atoms with van der Waals surface area (Å²) in [6, 6.07) is 1.11. The molecular formula is C19H25ClF3N5O. The lowest BCUT2D eigenvalue weighted by atomic mass is 10.1. The van der Waals surface area contributed by atoms with E-state index in [9.17, 15) is 18.0 Å². The lowest BCUT2D eigenvalue weighted by Crippen LogP contribution is -2.33. The van der Waals surface area contributed by atoms with Crippen LogP contribution >= 0.6 is 11.6 Å². The van der Waals surface area contributed by atoms with Gasteiger partial charge in [-0.25, -0.2) is 0 Å². The average molecular weight is 432 g/mol. The van der Waals surface area contributed by atoms with E-state index in [1.165, 1.54) is 4.68 Å². The van der Waals surface area contributed by atoms with Crippen molar-refractivity contribution in [2.24, 2.45) is 5.92 Å². The van der Waals surface area contributed by atoms with Gasteiger partial charge >= 0.3 is 6.18 Å². The van der Waals surface area contributed by atoms with Crippen LogP contribution < -0.4 is 5.32 Å². The van der Waals surface area contributed by atoms with Gasteiger partial charge in [-0.2, -0.15) is 23.4 Å². The van der Waals surface area contributed by atoms with Crippen LogP contribution in [0.3, 0.4) is 0 Å². The van der Waals surface area contributed by atoms with Crippen molar-refractivity contribution in [2.75, 3.05) is 6.54 Å². The van der Waals surface area contributed by atoms with E-state index in [1.54, 1.807) is 11.6 Å². The van der Waals surface area contributed by atoms with Crippen LogP contribution in [0.15, 0.2) is 6.07 Å². The third-order valence-electron chi connectivity index (χ3n) is 5.13. The molecule has 1 saturated carbocycles. The van der Waals surface area contributed by atoms with Gasteiger partial charge in [0, 0.05) is 24.7 Å². The summed E-state index contributed by atoms with van der Waals surface area (Å²) in [7, 11) is 0. The minimum absolute atomic E-state index is 0.112. The highest BCUT2D eigenvalue weighted by Crippen LogP contribution is 2.42. The number of aryl methyl sites for hydroxylation is 2. The smallest absolute Gasteiger partial charge is 0.356 e. The molecule has 1 fully saturated rings. The van der Waals surface area contributed by atoms with Crippen molar-refractivity contribution < 1.29 is 18.0 Å². The van der Waals surface area contributed by atoms with E-state index in [-0.39, 0.29) is 18.4 Å². The molecule has 0 radical (unpaired) electrons. The van der Waals surface area contributed by atoms with Crippen LogP contribution in [0.2, 0.25) is 5.02 Å². The van der Waals surface area contributed by atoms with Gasteiger partial charge in [0.25, 0.3) is 0 Å². The predicted octanol–water partition coefficient (Wildman–Crippen LogP) is 4.09. The van der Waals surface area contributed by atoms with Crippen LogP contribution in [-0.2, 0) is 24.1 Å². The molecule has 0 aliphatic heterocycles. The van der Waals surface area contributed by atoms with Crippen molar-refractivity contribution in [3.8, 4) is 0 Å². The number of carbonyl (C=O) groups is 1. The Morgan fingerprint density at radius 2 is 2.00 bits per heavy atom. The number of rotatable bonds is 8. The van der Waals surface area contributed by atoms with Crippen molar-refractivity contribution >= 4 is 17.5 Å². The number of nitrogens with zero attached hydrogens (tertiary/aromatic N) is 4. The van der Waals surface area contributed by atoms with Crippen LogP contribution in [0, 0.1) is 19.8 Å². The maximum Gasteiger partial charge on any atom is 0.435 e. The van der Waals surface area contributed by atoms with Crippen molar-refractivity contribution in [3.05, 3.63) is 33.9 Å². The fourth-order valence-corrected chi connectivity index (χ4v) is 3.41. The molecule has 1 unspecified atom stereocenters. The van der Waals surface area contributed by atoms with Crippen LogP contribution in [0.25, 0.3) is 0 Å². The average Bonchev–Trinajstić information content (AvgIpc) is 3.36. The Kier molecular flexibility index (Phi) is 6.26. The number of halogens is 4. The van der Waals surface area contributed by atoms with Crippen molar-refractivity contribution in [3.63, 3.8) is 0 Å². The number of amides is 1. The second-order valence-corrected chi connectivity index (χ2v) is 8.04. The second-order valence-electron chi connectivity index (χ2n) is 7.66. The van der Waals surface area contributed by atoms with Crippen LogP contribution in [0.4, 0.5) is 13.2 Å². The SMILES string of the molecule is Cc1nn(CCCNC(=O)C(C)Cn2nc(C(F)(F)F)cc2C2CC2)c(C)c1Cl. The quantitative estimate of drug-likeness (QED) is 0.640. The summed E-state index contributed by atoms with van der Waals surface area (Å²) in [5.41, 5.74) is 1.33. The maximum atomic E-state index is 13.0. The number of hydrogen-bond acceptors (Lipinski definition) is 3. The minimum atomic E-state index is -4.48. The van der Waals surface area contributed by atoms with Gasteiger partial charge in [-0.1, -0.05) is 18.5 Å². The lowest BCUT2D eigenvalue weighted by molar-refractivity contribution is -0.141. The van der Waals surface area contributed by atoms with E-state index < -0.39 is 17.8 Å². The lowest BCUT2D eigenvalue weighted by Gasteiger charge is -2.14. The molecule has 1 amide bonds. The third-order valence-corrected chi connectivity index (χ3v) is 5.68. The molecular weight excluding hydrogens is 407 g/mol. The highest BCUT2D eigenvalue weighted by atomic mass is 35.5. The zero-order chi connectivity index (χ0) is 21.3. The van der Waals surface area contributed by atoms with Crippen LogP contribution in [0.5, 0.6) is 0 Å². The molecule has 29 heavy (non-hydrogen) atoms. The Balaban J connectivity index is 1.52. The van der Waals surface area contributed by atoms with E-state index >= 15 is 0 Å². The summed E-state index contributed by atoms with van der Waals surface area (Å²) in [5.74, 6) is -0.583. The van der Waals surface area contributed by atoms with Crippen molar-refractivity contribution in [1.82, 2.24) is 24.9 Å². The van der Waals surface area contributed by atoms with Gasteiger partial charge in [0.05, 0.1) is 28.9 Å². The Morgan fingerprint density at radius 1 is 1.31 bits per heavy atom. The standard InChI is InChI=1S/C19H25ClF3N5O/c1-11(10-28-15(14-5-6-14)9-16(26-28)19(21,22)23)18(29)24-7-4-8-27-13(3)17(20)12(2)25-27/h9,11,14H,4-8,10H2,1-3H3,(H,24,29). The molecule has 0 aromatic carbocycles. The molecule has 0 spiro atoms. The largest absolute Gasteiger partial charge is 0.435 e. The molecule has 1 atom stereocenters. The molecule has 2 aromatic heterocycles. The van der Waals surface area contributed by atoms with Gasteiger partial charge in [0.15, 0.2) is 5.69 Å². The summed E-state index contributed by atoms with van der Waals surface area (Å²) >= 11 is 6.12. The van der Waals surface area contributed by atoms with Gasteiger partial charge in [-0.3, -0.25) is 14.2 Å². The van der Waals surface area contributed by atoms with Crippen molar-refractivity contribution in [2.45, 2.75) is 65.2 Å². The maximum absolute atomic E-state index is 13.0. The van der Waals surface area contributed by atoms with Gasteiger partial charge in [0.1, 0.15) is 0 Å². The molecule has 160 valence electrons. The zero-order valence-corrected chi connectivity index (χ0v) is 17.4. The summed E-state index contributed by atoms with van der Waals surface area (Å²) < 4.78 is 42.1. The molecule has 1 aliphatic carbocycles. The topological polar surface area (TPSA) is 64.7 Å². The normalized spacial score (nSPS) is 15.6. The molecule has 10 heteroatoms. The molecule has 1 aliphatic rings. The highest BCUT2D eigenvalue weighted by Gasteiger charge is 2.38. The Labute approximate surface area is 172 Å². The van der Waals surface area contributed by atoms with E-state index in [1.807, 2.05) is 13.8 Å². The third kappa shape index (κ3) is 5.12. The zero-order valence-electron chi connectivity index (χ0n) is 16.7. The van der Waals surface area contributed by atoms with Crippen LogP contribution in [0.1, 0.15) is 54.9 Å². The number of carbonyl (C=O) groups excluding carboxylic acids is 1. The monoisotopic (exact) mass is 431 g/mol. The number of nitrogens with one attached hydrogen (secondary N) is 1. The first-order valence-corrected chi connectivity index (χ1v) is 10.1. The Morgan fingerprint density at radius 3 is 2.55 bits per heavy atom. The van der Waals surface area contributed by atoms with Crippen molar-refractivity contribution in [1.29, 1.82) is 0 Å². The van der Waals surface area contributed by atoms with Gasteiger partial charge < -0.3 is 5.32 Å². The fraction of sp³-hybridized carbons (Fsp3) is 0.632. The number of aromatic nitrogens is 4. The molecule has 0 saturated heterocycles. The summed E-state index contributed by atoms with van der Waals surface area (Å²) in [4.78, 5) is 12.4. The molecule has 2 aromatic rings. The van der Waals surface area contributed by atoms with Gasteiger partial charge in [0.2, 0.25) is 5.91 Å². The number of alkyl halides is 3. The first kappa shape index (κ1) is 21.7. The highest BCUT2D eigenvalue weighted by molar-refractivity contribution is 6.31. The molecule has 6 nitrogen and oxygen atoms in total. The van der Waals surface area contributed by atoms with E-state index in [4.69, 9.17) is 11.6 Å². The Bertz CT molecular complexity index is 885. The number of hydrogen-bond donors (Lipinski definition) is 1. The summed E-state index contributed by atoms with van der Waals surface area (Å²) in [6.45, 7) is 6.61. The molecule has 3 rings (SSSR count). The second kappa shape index (κ2) is 8.38. The minimum Gasteiger partial charge on any atom is -0.356 e. The molecule has 2 heterocycles. The molecule has 1 N–H and O–H groups in total. The fourth-order valence-electron chi connectivity index (χ4n) is 3.27. The van der Waals surface area contributed by atoms with Gasteiger partial charge in [-0.05, 0) is 39.2 Å². The predicted molar refractivity (Wildman–Crippen MR) is 103 cm³/mol. The van der Waals surface area contributed by atoms with Gasteiger partial charge in [-0.15, -0.1) is 0 Å². The molecule has 0 bridgehead atoms. The Hall–Kier alpha value is -2.03.